The molecule has 2 aromatic rings. The van der Waals surface area contributed by atoms with Gasteiger partial charge in [-0.2, -0.15) is 0 Å². The van der Waals surface area contributed by atoms with Crippen molar-refractivity contribution in [2.24, 2.45) is 0 Å². The molecule has 0 aliphatic carbocycles. The molecular formula is C17H16BrNO3. The smallest absolute Gasteiger partial charge is 0.252 e. The average Bonchev–Trinajstić information content (AvgIpc) is 2.54. The SMILES string of the molecule is CC(NC(=O)c1ccccc1Br)C1COc2ccccc2O1. The second-order valence-corrected chi connectivity index (χ2v) is 6.01. The largest absolute Gasteiger partial charge is 0.486 e. The Labute approximate surface area is 137 Å². The van der Waals surface area contributed by atoms with Gasteiger partial charge in [0, 0.05) is 4.47 Å². The maximum atomic E-state index is 12.3. The van der Waals surface area contributed by atoms with Gasteiger partial charge in [0.25, 0.3) is 5.91 Å². The molecule has 0 saturated carbocycles. The number of carbonyl (C=O) groups is 1. The zero-order valence-electron chi connectivity index (χ0n) is 12.1. The third-order valence-corrected chi connectivity index (χ3v) is 4.26. The van der Waals surface area contributed by atoms with Crippen LogP contribution in [-0.4, -0.2) is 24.7 Å². The number of hydrogen-bond acceptors (Lipinski definition) is 3. The average molecular weight is 362 g/mol. The van der Waals surface area contributed by atoms with Gasteiger partial charge in [0.1, 0.15) is 6.61 Å². The lowest BCUT2D eigenvalue weighted by Gasteiger charge is -2.30. The second kappa shape index (κ2) is 6.40. The zero-order valence-corrected chi connectivity index (χ0v) is 13.7. The van der Waals surface area contributed by atoms with E-state index in [2.05, 4.69) is 21.2 Å². The van der Waals surface area contributed by atoms with E-state index >= 15 is 0 Å². The number of nitrogens with one attached hydrogen (secondary N) is 1. The lowest BCUT2D eigenvalue weighted by Crippen LogP contribution is -2.48. The van der Waals surface area contributed by atoms with Crippen LogP contribution >= 0.6 is 15.9 Å². The van der Waals surface area contributed by atoms with Crippen molar-refractivity contribution in [3.63, 3.8) is 0 Å². The summed E-state index contributed by atoms with van der Waals surface area (Å²) in [6.45, 7) is 2.32. The molecule has 114 valence electrons. The maximum Gasteiger partial charge on any atom is 0.252 e. The Kier molecular flexibility index (Phi) is 4.34. The van der Waals surface area contributed by atoms with E-state index in [1.54, 1.807) is 6.07 Å². The number of amides is 1. The van der Waals surface area contributed by atoms with Crippen molar-refractivity contribution < 1.29 is 14.3 Å². The molecule has 2 atom stereocenters. The van der Waals surface area contributed by atoms with Crippen molar-refractivity contribution in [1.29, 1.82) is 0 Å². The second-order valence-electron chi connectivity index (χ2n) is 5.16. The lowest BCUT2D eigenvalue weighted by atomic mass is 10.1. The molecule has 0 spiro atoms. The summed E-state index contributed by atoms with van der Waals surface area (Å²) in [4.78, 5) is 12.3. The van der Waals surface area contributed by atoms with E-state index in [0.29, 0.717) is 17.9 Å². The molecule has 2 unspecified atom stereocenters. The predicted octanol–water partition coefficient (Wildman–Crippen LogP) is 3.41. The molecule has 1 amide bonds. The van der Waals surface area contributed by atoms with E-state index in [4.69, 9.17) is 9.47 Å². The summed E-state index contributed by atoms with van der Waals surface area (Å²) in [5, 5.41) is 2.96. The van der Waals surface area contributed by atoms with Gasteiger partial charge in [0.2, 0.25) is 0 Å². The van der Waals surface area contributed by atoms with Gasteiger partial charge >= 0.3 is 0 Å². The van der Waals surface area contributed by atoms with Gasteiger partial charge in [0.05, 0.1) is 11.6 Å². The van der Waals surface area contributed by atoms with E-state index in [1.807, 2.05) is 49.4 Å². The fraction of sp³-hybridized carbons (Fsp3) is 0.235. The topological polar surface area (TPSA) is 47.6 Å². The fourth-order valence-corrected chi connectivity index (χ4v) is 2.77. The highest BCUT2D eigenvalue weighted by molar-refractivity contribution is 9.10. The number of ether oxygens (including phenoxy) is 2. The van der Waals surface area contributed by atoms with E-state index < -0.39 is 0 Å². The summed E-state index contributed by atoms with van der Waals surface area (Å²) >= 11 is 3.39. The first-order valence-electron chi connectivity index (χ1n) is 7.09. The van der Waals surface area contributed by atoms with Crippen molar-refractivity contribution in [3.05, 3.63) is 58.6 Å². The van der Waals surface area contributed by atoms with Crippen molar-refractivity contribution >= 4 is 21.8 Å². The van der Waals surface area contributed by atoms with Crippen LogP contribution in [0.1, 0.15) is 17.3 Å². The highest BCUT2D eigenvalue weighted by Gasteiger charge is 2.27. The van der Waals surface area contributed by atoms with Crippen LogP contribution in [0.4, 0.5) is 0 Å². The summed E-state index contributed by atoms with van der Waals surface area (Å²) < 4.78 is 12.4. The molecule has 0 fully saturated rings. The first-order valence-corrected chi connectivity index (χ1v) is 7.88. The van der Waals surface area contributed by atoms with Crippen LogP contribution < -0.4 is 14.8 Å². The Morgan fingerprint density at radius 3 is 2.64 bits per heavy atom. The first-order chi connectivity index (χ1) is 10.6. The lowest BCUT2D eigenvalue weighted by molar-refractivity contribution is 0.0606. The Balaban J connectivity index is 1.67. The number of halogens is 1. The van der Waals surface area contributed by atoms with Crippen molar-refractivity contribution in [1.82, 2.24) is 5.32 Å². The van der Waals surface area contributed by atoms with E-state index in [9.17, 15) is 4.79 Å². The number of fused-ring (bicyclic) bond motifs is 1. The molecule has 22 heavy (non-hydrogen) atoms. The Bertz CT molecular complexity index is 689. The Morgan fingerprint density at radius 1 is 1.18 bits per heavy atom. The van der Waals surface area contributed by atoms with Crippen LogP contribution in [0.2, 0.25) is 0 Å². The number of hydrogen-bond donors (Lipinski definition) is 1. The highest BCUT2D eigenvalue weighted by atomic mass is 79.9. The number of benzene rings is 2. The van der Waals surface area contributed by atoms with Crippen LogP contribution in [0, 0.1) is 0 Å². The summed E-state index contributed by atoms with van der Waals surface area (Å²) in [5.74, 6) is 1.31. The summed E-state index contributed by atoms with van der Waals surface area (Å²) in [7, 11) is 0. The van der Waals surface area contributed by atoms with Gasteiger partial charge < -0.3 is 14.8 Å². The van der Waals surface area contributed by atoms with Crippen LogP contribution in [0.25, 0.3) is 0 Å². The van der Waals surface area contributed by atoms with Crippen LogP contribution in [0.3, 0.4) is 0 Å². The molecule has 4 nitrogen and oxygen atoms in total. The van der Waals surface area contributed by atoms with Crippen molar-refractivity contribution in [2.45, 2.75) is 19.1 Å². The minimum Gasteiger partial charge on any atom is -0.486 e. The van der Waals surface area contributed by atoms with Gasteiger partial charge in [-0.15, -0.1) is 0 Å². The van der Waals surface area contributed by atoms with Gasteiger partial charge in [-0.3, -0.25) is 4.79 Å². The summed E-state index contributed by atoms with van der Waals surface area (Å²) in [6, 6.07) is 14.7. The van der Waals surface area contributed by atoms with Crippen LogP contribution in [0.5, 0.6) is 11.5 Å². The van der Waals surface area contributed by atoms with Gasteiger partial charge in [-0.25, -0.2) is 0 Å². The number of para-hydroxylation sites is 2. The Morgan fingerprint density at radius 2 is 1.86 bits per heavy atom. The molecule has 0 bridgehead atoms. The quantitative estimate of drug-likeness (QED) is 0.911. The molecule has 0 aromatic heterocycles. The fourth-order valence-electron chi connectivity index (χ4n) is 2.31. The molecule has 3 rings (SSSR count). The van der Waals surface area contributed by atoms with E-state index in [0.717, 1.165) is 10.2 Å². The van der Waals surface area contributed by atoms with Crippen LogP contribution in [0.15, 0.2) is 53.0 Å². The molecule has 0 radical (unpaired) electrons. The molecule has 1 aliphatic heterocycles. The van der Waals surface area contributed by atoms with Gasteiger partial charge in [-0.05, 0) is 47.1 Å². The molecule has 2 aromatic carbocycles. The Hall–Kier alpha value is -2.01. The molecule has 1 aliphatic rings. The standard InChI is InChI=1S/C17H16BrNO3/c1-11(19-17(20)12-6-2-3-7-13(12)18)16-10-21-14-8-4-5-9-15(14)22-16/h2-9,11,16H,10H2,1H3,(H,19,20). The molecule has 0 saturated heterocycles. The minimum atomic E-state index is -0.221. The third kappa shape index (κ3) is 3.09. The van der Waals surface area contributed by atoms with Crippen molar-refractivity contribution in [2.75, 3.05) is 6.61 Å². The zero-order chi connectivity index (χ0) is 15.5. The van der Waals surface area contributed by atoms with E-state index in [1.165, 1.54) is 0 Å². The monoisotopic (exact) mass is 361 g/mol. The molecule has 1 N–H and O–H groups in total. The highest BCUT2D eigenvalue weighted by Crippen LogP contribution is 2.31. The third-order valence-electron chi connectivity index (χ3n) is 3.57. The van der Waals surface area contributed by atoms with E-state index in [-0.39, 0.29) is 18.1 Å². The molecule has 5 heteroatoms. The normalized spacial score (nSPS) is 17.6. The number of rotatable bonds is 3. The van der Waals surface area contributed by atoms with Gasteiger partial charge in [0.15, 0.2) is 17.6 Å². The first kappa shape index (κ1) is 14.9. The summed E-state index contributed by atoms with van der Waals surface area (Å²) in [5.41, 5.74) is 0.603. The summed E-state index contributed by atoms with van der Waals surface area (Å²) in [6.07, 6.45) is -0.221. The number of carbonyl (C=O) groups excluding carboxylic acids is 1. The molecule has 1 heterocycles. The predicted molar refractivity (Wildman–Crippen MR) is 87.4 cm³/mol. The van der Waals surface area contributed by atoms with Crippen LogP contribution in [-0.2, 0) is 0 Å². The van der Waals surface area contributed by atoms with Gasteiger partial charge in [-0.1, -0.05) is 24.3 Å². The minimum absolute atomic E-state index is 0.137. The maximum absolute atomic E-state index is 12.3. The van der Waals surface area contributed by atoms with Crippen molar-refractivity contribution in [3.8, 4) is 11.5 Å². The molecular weight excluding hydrogens is 346 g/mol.